The second-order valence-electron chi connectivity index (χ2n) is 6.26. The maximum absolute atomic E-state index is 9.63. The fraction of sp³-hybridized carbons (Fsp3) is 0.647. The molecule has 2 fully saturated rings. The lowest BCUT2D eigenvalue weighted by Gasteiger charge is -2.29. The first-order chi connectivity index (χ1) is 10.3. The molecule has 0 bridgehead atoms. The maximum atomic E-state index is 9.63. The van der Waals surface area contributed by atoms with Gasteiger partial charge in [0.1, 0.15) is 0 Å². The second kappa shape index (κ2) is 6.77. The number of hydrogen-bond donors (Lipinski definition) is 2. The first-order valence-corrected chi connectivity index (χ1v) is 8.09. The number of ether oxygens (including phenoxy) is 1. The highest BCUT2D eigenvalue weighted by atomic mass is 16.5. The largest absolute Gasteiger partial charge is 0.394 e. The molecule has 0 unspecified atom stereocenters. The van der Waals surface area contributed by atoms with E-state index < -0.39 is 0 Å². The molecule has 1 aliphatic carbocycles. The Morgan fingerprint density at radius 3 is 2.38 bits per heavy atom. The van der Waals surface area contributed by atoms with Crippen LogP contribution in [0.5, 0.6) is 0 Å². The zero-order valence-electron chi connectivity index (χ0n) is 12.7. The minimum atomic E-state index is -0.0388. The van der Waals surface area contributed by atoms with Gasteiger partial charge in [-0.1, -0.05) is 25.0 Å². The highest BCUT2D eigenvalue weighted by Gasteiger charge is 2.32. The predicted molar refractivity (Wildman–Crippen MR) is 84.6 cm³/mol. The van der Waals surface area contributed by atoms with Crippen LogP contribution in [0.25, 0.3) is 0 Å². The standard InChI is InChI=1S/C17H26N2O2/c20-14-17(7-1-2-8-17)18-13-15-3-5-16(6-4-15)19-9-11-21-12-10-19/h3-6,18,20H,1-2,7-14H2. The van der Waals surface area contributed by atoms with E-state index in [1.165, 1.54) is 24.1 Å². The average Bonchev–Trinajstić information content (AvgIpc) is 3.04. The third-order valence-corrected chi connectivity index (χ3v) is 4.84. The van der Waals surface area contributed by atoms with Gasteiger partial charge in [0.05, 0.1) is 19.8 Å². The number of hydrogen-bond acceptors (Lipinski definition) is 4. The van der Waals surface area contributed by atoms with Crippen molar-refractivity contribution in [3.63, 3.8) is 0 Å². The molecule has 116 valence electrons. The molecule has 1 aliphatic heterocycles. The van der Waals surface area contributed by atoms with Crippen LogP contribution < -0.4 is 10.2 Å². The molecule has 0 amide bonds. The summed E-state index contributed by atoms with van der Waals surface area (Å²) in [5, 5.41) is 13.2. The molecule has 1 saturated carbocycles. The molecule has 0 radical (unpaired) electrons. The molecule has 1 aromatic rings. The van der Waals surface area contributed by atoms with E-state index in [1.54, 1.807) is 0 Å². The van der Waals surface area contributed by atoms with Crippen LogP contribution in [-0.2, 0) is 11.3 Å². The lowest BCUT2D eigenvalue weighted by atomic mass is 9.98. The van der Waals surface area contributed by atoms with Gasteiger partial charge in [-0.3, -0.25) is 0 Å². The molecular weight excluding hydrogens is 264 g/mol. The van der Waals surface area contributed by atoms with Crippen molar-refractivity contribution >= 4 is 5.69 Å². The van der Waals surface area contributed by atoms with Crippen LogP contribution in [0, 0.1) is 0 Å². The van der Waals surface area contributed by atoms with E-state index in [0.717, 1.165) is 45.7 Å². The van der Waals surface area contributed by atoms with Crippen molar-refractivity contribution in [1.29, 1.82) is 0 Å². The minimum absolute atomic E-state index is 0.0388. The molecule has 1 saturated heterocycles. The zero-order chi connectivity index (χ0) is 14.5. The van der Waals surface area contributed by atoms with Crippen LogP contribution in [0.2, 0.25) is 0 Å². The number of aliphatic hydroxyl groups is 1. The van der Waals surface area contributed by atoms with Crippen LogP contribution in [0.3, 0.4) is 0 Å². The molecule has 21 heavy (non-hydrogen) atoms. The molecule has 2 N–H and O–H groups in total. The predicted octanol–water partition coefficient (Wildman–Crippen LogP) is 1.92. The third kappa shape index (κ3) is 3.57. The molecule has 3 rings (SSSR count). The van der Waals surface area contributed by atoms with Gasteiger partial charge in [0.25, 0.3) is 0 Å². The van der Waals surface area contributed by atoms with E-state index in [1.807, 2.05) is 0 Å². The van der Waals surface area contributed by atoms with Crippen molar-refractivity contribution in [2.45, 2.75) is 37.8 Å². The van der Waals surface area contributed by atoms with Crippen LogP contribution in [0.15, 0.2) is 24.3 Å². The van der Waals surface area contributed by atoms with E-state index in [-0.39, 0.29) is 12.1 Å². The number of benzene rings is 1. The lowest BCUT2D eigenvalue weighted by molar-refractivity contribution is 0.122. The Morgan fingerprint density at radius 2 is 1.76 bits per heavy atom. The average molecular weight is 290 g/mol. The van der Waals surface area contributed by atoms with Crippen molar-refractivity contribution in [3.8, 4) is 0 Å². The number of morpholine rings is 1. The fourth-order valence-corrected chi connectivity index (χ4v) is 3.38. The van der Waals surface area contributed by atoms with Gasteiger partial charge in [-0.25, -0.2) is 0 Å². The number of rotatable bonds is 5. The Bertz CT molecular complexity index is 435. The Labute approximate surface area is 127 Å². The summed E-state index contributed by atoms with van der Waals surface area (Å²) < 4.78 is 5.39. The van der Waals surface area contributed by atoms with Crippen molar-refractivity contribution in [1.82, 2.24) is 5.32 Å². The van der Waals surface area contributed by atoms with E-state index in [9.17, 15) is 5.11 Å². The lowest BCUT2D eigenvalue weighted by Crippen LogP contribution is -2.45. The minimum Gasteiger partial charge on any atom is -0.394 e. The van der Waals surface area contributed by atoms with Crippen LogP contribution >= 0.6 is 0 Å². The summed E-state index contributed by atoms with van der Waals surface area (Å²) in [5.74, 6) is 0. The maximum Gasteiger partial charge on any atom is 0.0642 e. The number of nitrogens with zero attached hydrogens (tertiary/aromatic N) is 1. The summed E-state index contributed by atoms with van der Waals surface area (Å²) in [4.78, 5) is 2.37. The summed E-state index contributed by atoms with van der Waals surface area (Å²) >= 11 is 0. The molecular formula is C17H26N2O2. The normalized spacial score (nSPS) is 21.7. The van der Waals surface area contributed by atoms with Gasteiger partial charge in [0, 0.05) is 30.9 Å². The molecule has 4 heteroatoms. The Kier molecular flexibility index (Phi) is 4.78. The van der Waals surface area contributed by atoms with Crippen molar-refractivity contribution in [2.75, 3.05) is 37.8 Å². The third-order valence-electron chi connectivity index (χ3n) is 4.84. The van der Waals surface area contributed by atoms with Crippen LogP contribution in [-0.4, -0.2) is 43.6 Å². The number of aliphatic hydroxyl groups excluding tert-OH is 1. The molecule has 1 aromatic carbocycles. The van der Waals surface area contributed by atoms with Crippen LogP contribution in [0.1, 0.15) is 31.2 Å². The van der Waals surface area contributed by atoms with E-state index in [0.29, 0.717) is 0 Å². The van der Waals surface area contributed by atoms with Gasteiger partial charge in [0.15, 0.2) is 0 Å². The van der Waals surface area contributed by atoms with E-state index >= 15 is 0 Å². The number of nitrogens with one attached hydrogen (secondary N) is 1. The summed E-state index contributed by atoms with van der Waals surface area (Å²) in [5.41, 5.74) is 2.52. The van der Waals surface area contributed by atoms with Gasteiger partial charge >= 0.3 is 0 Å². The molecule has 0 aromatic heterocycles. The molecule has 2 aliphatic rings. The molecule has 0 atom stereocenters. The first kappa shape index (κ1) is 14.8. The van der Waals surface area contributed by atoms with Crippen molar-refractivity contribution in [3.05, 3.63) is 29.8 Å². The van der Waals surface area contributed by atoms with Crippen LogP contribution in [0.4, 0.5) is 5.69 Å². The molecule has 1 heterocycles. The van der Waals surface area contributed by atoms with Gasteiger partial charge < -0.3 is 20.1 Å². The first-order valence-electron chi connectivity index (χ1n) is 8.09. The monoisotopic (exact) mass is 290 g/mol. The highest BCUT2D eigenvalue weighted by molar-refractivity contribution is 5.47. The topological polar surface area (TPSA) is 44.7 Å². The van der Waals surface area contributed by atoms with Gasteiger partial charge in [0.2, 0.25) is 0 Å². The van der Waals surface area contributed by atoms with E-state index in [2.05, 4.69) is 34.5 Å². The quantitative estimate of drug-likeness (QED) is 0.869. The SMILES string of the molecule is OCC1(NCc2ccc(N3CCOCC3)cc2)CCCC1. The molecule has 0 spiro atoms. The van der Waals surface area contributed by atoms with Crippen molar-refractivity contribution < 1.29 is 9.84 Å². The van der Waals surface area contributed by atoms with Crippen molar-refractivity contribution in [2.24, 2.45) is 0 Å². The summed E-state index contributed by atoms with van der Waals surface area (Å²) in [6.07, 6.45) is 4.64. The zero-order valence-corrected chi connectivity index (χ0v) is 12.7. The van der Waals surface area contributed by atoms with Gasteiger partial charge in [-0.2, -0.15) is 0 Å². The Morgan fingerprint density at radius 1 is 1.10 bits per heavy atom. The fourth-order valence-electron chi connectivity index (χ4n) is 3.38. The van der Waals surface area contributed by atoms with E-state index in [4.69, 9.17) is 4.74 Å². The Hall–Kier alpha value is -1.10. The smallest absolute Gasteiger partial charge is 0.0642 e. The second-order valence-corrected chi connectivity index (χ2v) is 6.26. The summed E-state index contributed by atoms with van der Waals surface area (Å²) in [6, 6.07) is 8.78. The summed E-state index contributed by atoms with van der Waals surface area (Å²) in [6.45, 7) is 4.68. The molecule has 4 nitrogen and oxygen atoms in total. The van der Waals surface area contributed by atoms with Gasteiger partial charge in [-0.05, 0) is 30.5 Å². The number of anilines is 1. The highest BCUT2D eigenvalue weighted by Crippen LogP contribution is 2.29. The Balaban J connectivity index is 1.56. The van der Waals surface area contributed by atoms with Gasteiger partial charge in [-0.15, -0.1) is 0 Å². The summed E-state index contributed by atoms with van der Waals surface area (Å²) in [7, 11) is 0.